The molecule has 0 aliphatic heterocycles. The van der Waals surface area contributed by atoms with Gasteiger partial charge < -0.3 is 14.8 Å². The van der Waals surface area contributed by atoms with E-state index in [2.05, 4.69) is 5.32 Å². The van der Waals surface area contributed by atoms with Gasteiger partial charge in [-0.05, 0) is 57.0 Å². The molecule has 1 N–H and O–H groups in total. The quantitative estimate of drug-likeness (QED) is 0.407. The first-order chi connectivity index (χ1) is 16.6. The van der Waals surface area contributed by atoms with Crippen LogP contribution in [-0.4, -0.2) is 56.9 Å². The zero-order chi connectivity index (χ0) is 26.2. The van der Waals surface area contributed by atoms with Gasteiger partial charge in [0.2, 0.25) is 10.0 Å². The fourth-order valence-corrected chi connectivity index (χ4v) is 5.90. The summed E-state index contributed by atoms with van der Waals surface area (Å²) in [5, 5.41) is 2.81. The monoisotopic (exact) mass is 524 g/mol. The number of benzene rings is 1. The summed E-state index contributed by atoms with van der Waals surface area (Å²) in [4.78, 5) is 38.0. The van der Waals surface area contributed by atoms with Crippen LogP contribution in [0.4, 0.5) is 5.00 Å². The van der Waals surface area contributed by atoms with Gasteiger partial charge in [-0.25, -0.2) is 18.0 Å². The number of carbonyl (C=O) groups is 3. The fourth-order valence-electron chi connectivity index (χ4n) is 3.33. The molecule has 2 rings (SSSR count). The lowest BCUT2D eigenvalue weighted by Crippen LogP contribution is -2.31. The lowest BCUT2D eigenvalue weighted by Gasteiger charge is -2.20. The van der Waals surface area contributed by atoms with Crippen LogP contribution in [0.15, 0.2) is 29.2 Å². The summed E-state index contributed by atoms with van der Waals surface area (Å²) in [7, 11) is -3.68. The van der Waals surface area contributed by atoms with Gasteiger partial charge in [-0.3, -0.25) is 4.79 Å². The molecule has 0 saturated heterocycles. The van der Waals surface area contributed by atoms with E-state index >= 15 is 0 Å². The van der Waals surface area contributed by atoms with Gasteiger partial charge in [0.15, 0.2) is 0 Å². The lowest BCUT2D eigenvalue weighted by atomic mass is 10.1. The van der Waals surface area contributed by atoms with Crippen molar-refractivity contribution in [1.29, 1.82) is 0 Å². The Morgan fingerprint density at radius 2 is 1.57 bits per heavy atom. The zero-order valence-corrected chi connectivity index (χ0v) is 22.3. The number of nitrogens with one attached hydrogen (secondary N) is 1. The number of nitrogens with zero attached hydrogens (tertiary/aromatic N) is 1. The second kappa shape index (κ2) is 12.8. The molecule has 1 amide bonds. The highest BCUT2D eigenvalue weighted by molar-refractivity contribution is 7.89. The first-order valence-electron chi connectivity index (χ1n) is 11.5. The minimum Gasteiger partial charge on any atom is -0.462 e. The number of ether oxygens (including phenoxy) is 2. The Labute approximate surface area is 210 Å². The molecule has 1 heterocycles. The molecule has 1 aromatic heterocycles. The van der Waals surface area contributed by atoms with Gasteiger partial charge in [0.1, 0.15) is 9.88 Å². The largest absolute Gasteiger partial charge is 0.462 e. The number of amides is 1. The summed E-state index contributed by atoms with van der Waals surface area (Å²) in [6.07, 6.45) is 1.63. The van der Waals surface area contributed by atoms with Crippen LogP contribution in [0.2, 0.25) is 0 Å². The highest BCUT2D eigenvalue weighted by Crippen LogP contribution is 2.34. The molecule has 0 aliphatic rings. The standard InChI is InChI=1S/C24H32N2O7S2/c1-6-10-15-26(7-2)35(30,31)18-13-11-17(12-14-18)21(27)25-22-19(23(28)32-8-3)16(5)20(34-22)24(29)33-9-4/h11-14H,6-10,15H2,1-5H3,(H,25,27). The number of thiophene rings is 1. The maximum atomic E-state index is 12.9. The van der Waals surface area contributed by atoms with Crippen LogP contribution in [0.5, 0.6) is 0 Å². The number of unbranched alkanes of at least 4 members (excludes halogenated alkanes) is 1. The Kier molecular flexibility index (Phi) is 10.4. The molecule has 35 heavy (non-hydrogen) atoms. The van der Waals surface area contributed by atoms with Crippen molar-refractivity contribution < 1.29 is 32.3 Å². The molecule has 0 saturated carbocycles. The van der Waals surface area contributed by atoms with Crippen LogP contribution < -0.4 is 5.32 Å². The summed E-state index contributed by atoms with van der Waals surface area (Å²) < 4.78 is 37.4. The molecule has 0 unspecified atom stereocenters. The molecule has 1 aromatic carbocycles. The molecule has 0 bridgehead atoms. The van der Waals surface area contributed by atoms with E-state index in [0.717, 1.165) is 24.2 Å². The van der Waals surface area contributed by atoms with Gasteiger partial charge in [-0.2, -0.15) is 4.31 Å². The van der Waals surface area contributed by atoms with E-state index in [9.17, 15) is 22.8 Å². The smallest absolute Gasteiger partial charge is 0.348 e. The predicted octanol–water partition coefficient (Wildman–Crippen LogP) is 4.47. The summed E-state index contributed by atoms with van der Waals surface area (Å²) >= 11 is 0.923. The topological polar surface area (TPSA) is 119 Å². The number of carbonyl (C=O) groups excluding carboxylic acids is 3. The number of esters is 2. The molecule has 11 heteroatoms. The second-order valence-electron chi connectivity index (χ2n) is 7.53. The Bertz CT molecular complexity index is 1160. The summed E-state index contributed by atoms with van der Waals surface area (Å²) in [5.74, 6) is -1.83. The minimum absolute atomic E-state index is 0.0852. The van der Waals surface area contributed by atoms with Crippen LogP contribution in [0.25, 0.3) is 0 Å². The van der Waals surface area contributed by atoms with Crippen molar-refractivity contribution >= 4 is 44.2 Å². The second-order valence-corrected chi connectivity index (χ2v) is 10.5. The highest BCUT2D eigenvalue weighted by Gasteiger charge is 2.28. The van der Waals surface area contributed by atoms with Gasteiger partial charge in [0.05, 0.1) is 23.7 Å². The van der Waals surface area contributed by atoms with Gasteiger partial charge in [0.25, 0.3) is 5.91 Å². The molecular formula is C24H32N2O7S2. The van der Waals surface area contributed by atoms with Crippen molar-refractivity contribution in [2.75, 3.05) is 31.6 Å². The van der Waals surface area contributed by atoms with E-state index in [4.69, 9.17) is 9.47 Å². The van der Waals surface area contributed by atoms with Crippen LogP contribution in [0.1, 0.15) is 76.5 Å². The van der Waals surface area contributed by atoms with E-state index in [-0.39, 0.29) is 39.1 Å². The highest BCUT2D eigenvalue weighted by atomic mass is 32.2. The van der Waals surface area contributed by atoms with Crippen molar-refractivity contribution in [2.45, 2.75) is 52.4 Å². The molecule has 0 radical (unpaired) electrons. The maximum Gasteiger partial charge on any atom is 0.348 e. The first kappa shape index (κ1) is 28.5. The van der Waals surface area contributed by atoms with Crippen LogP contribution in [-0.2, 0) is 19.5 Å². The van der Waals surface area contributed by atoms with Gasteiger partial charge in [-0.15, -0.1) is 11.3 Å². The molecule has 9 nitrogen and oxygen atoms in total. The average molecular weight is 525 g/mol. The predicted molar refractivity (Wildman–Crippen MR) is 135 cm³/mol. The lowest BCUT2D eigenvalue weighted by molar-refractivity contribution is 0.0527. The molecule has 2 aromatic rings. The molecule has 0 aliphatic carbocycles. The summed E-state index contributed by atoms with van der Waals surface area (Å²) in [5.41, 5.74) is 0.636. The first-order valence-corrected chi connectivity index (χ1v) is 13.8. The maximum absolute atomic E-state index is 12.9. The van der Waals surface area contributed by atoms with E-state index < -0.39 is 27.9 Å². The number of anilines is 1. The van der Waals surface area contributed by atoms with Gasteiger partial charge in [-0.1, -0.05) is 20.3 Å². The summed E-state index contributed by atoms with van der Waals surface area (Å²) in [6.45, 7) is 9.74. The van der Waals surface area contributed by atoms with Crippen LogP contribution >= 0.6 is 11.3 Å². The van der Waals surface area contributed by atoms with E-state index in [1.54, 1.807) is 27.7 Å². The van der Waals surface area contributed by atoms with Crippen molar-refractivity contribution in [3.05, 3.63) is 45.8 Å². The Hall–Kier alpha value is -2.76. The van der Waals surface area contributed by atoms with Crippen LogP contribution in [0, 0.1) is 6.92 Å². The van der Waals surface area contributed by atoms with E-state index in [1.807, 2.05) is 6.92 Å². The molecular weight excluding hydrogens is 492 g/mol. The molecule has 0 atom stereocenters. The third kappa shape index (κ3) is 6.68. The van der Waals surface area contributed by atoms with E-state index in [0.29, 0.717) is 18.7 Å². The van der Waals surface area contributed by atoms with E-state index in [1.165, 1.54) is 28.6 Å². The van der Waals surface area contributed by atoms with Gasteiger partial charge >= 0.3 is 11.9 Å². The molecule has 0 fully saturated rings. The van der Waals surface area contributed by atoms with Crippen molar-refractivity contribution in [3.8, 4) is 0 Å². The molecule has 192 valence electrons. The molecule has 0 spiro atoms. The Morgan fingerprint density at radius 1 is 0.971 bits per heavy atom. The number of hydrogen-bond donors (Lipinski definition) is 1. The third-order valence-corrected chi connectivity index (χ3v) is 8.36. The Morgan fingerprint density at radius 3 is 2.11 bits per heavy atom. The van der Waals surface area contributed by atoms with Crippen molar-refractivity contribution in [1.82, 2.24) is 4.31 Å². The summed E-state index contributed by atoms with van der Waals surface area (Å²) in [6, 6.07) is 5.59. The average Bonchev–Trinajstić information content (AvgIpc) is 3.15. The number of sulfonamides is 1. The van der Waals surface area contributed by atoms with Crippen molar-refractivity contribution in [2.24, 2.45) is 0 Å². The minimum atomic E-state index is -3.68. The number of hydrogen-bond acceptors (Lipinski definition) is 8. The Balaban J connectivity index is 2.33. The van der Waals surface area contributed by atoms with Crippen molar-refractivity contribution in [3.63, 3.8) is 0 Å². The normalized spacial score (nSPS) is 11.4. The third-order valence-electron chi connectivity index (χ3n) is 5.18. The number of rotatable bonds is 12. The van der Waals surface area contributed by atoms with Crippen LogP contribution in [0.3, 0.4) is 0 Å². The zero-order valence-electron chi connectivity index (χ0n) is 20.7. The fraction of sp³-hybridized carbons (Fsp3) is 0.458. The van der Waals surface area contributed by atoms with Gasteiger partial charge in [0, 0.05) is 18.7 Å². The SMILES string of the molecule is CCCCN(CC)S(=O)(=O)c1ccc(C(=O)Nc2sc(C(=O)OCC)c(C)c2C(=O)OCC)cc1.